The van der Waals surface area contributed by atoms with Gasteiger partial charge in [0.2, 0.25) is 5.82 Å². The van der Waals surface area contributed by atoms with Crippen LogP contribution in [0.2, 0.25) is 0 Å². The number of tetrazole rings is 1. The summed E-state index contributed by atoms with van der Waals surface area (Å²) >= 11 is 0. The number of pyridine rings is 1. The molecule has 0 amide bonds. The summed E-state index contributed by atoms with van der Waals surface area (Å²) in [6, 6.07) is 11.4. The maximum atomic E-state index is 5.82. The van der Waals surface area contributed by atoms with E-state index in [1.807, 2.05) is 37.3 Å². The number of hydrogen-bond donors (Lipinski definition) is 1. The number of nitrogen functional groups attached to an aromatic ring is 1. The van der Waals surface area contributed by atoms with E-state index in [9.17, 15) is 0 Å². The number of nitrogens with two attached hydrogens (primary N) is 1. The number of hydrogen-bond acceptors (Lipinski definition) is 6. The highest BCUT2D eigenvalue weighted by Gasteiger charge is 2.09. The van der Waals surface area contributed by atoms with Gasteiger partial charge in [-0.25, -0.2) is 4.98 Å². The fourth-order valence-electron chi connectivity index (χ4n) is 2.05. The Morgan fingerprint density at radius 2 is 2.00 bits per heavy atom. The maximum absolute atomic E-state index is 5.82. The first-order chi connectivity index (χ1) is 10.8. The Hall–Kier alpha value is -2.96. The van der Waals surface area contributed by atoms with E-state index in [1.54, 1.807) is 12.3 Å². The van der Waals surface area contributed by atoms with Crippen molar-refractivity contribution in [3.05, 3.63) is 48.2 Å². The normalized spacial score (nSPS) is 10.6. The molecule has 0 atom stereocenters. The zero-order valence-corrected chi connectivity index (χ0v) is 12.2. The first-order valence-electron chi connectivity index (χ1n) is 6.96. The zero-order chi connectivity index (χ0) is 15.4. The van der Waals surface area contributed by atoms with Gasteiger partial charge < -0.3 is 10.5 Å². The van der Waals surface area contributed by atoms with Gasteiger partial charge >= 0.3 is 0 Å². The second-order valence-corrected chi connectivity index (χ2v) is 4.66. The van der Waals surface area contributed by atoms with Gasteiger partial charge in [-0.15, -0.1) is 10.2 Å². The summed E-state index contributed by atoms with van der Waals surface area (Å²) in [5, 5.41) is 12.4. The third-order valence-electron chi connectivity index (χ3n) is 3.09. The molecule has 0 fully saturated rings. The molecule has 0 spiro atoms. The van der Waals surface area contributed by atoms with Crippen LogP contribution in [-0.2, 0) is 6.54 Å². The van der Waals surface area contributed by atoms with Crippen LogP contribution in [0.25, 0.3) is 11.4 Å². The van der Waals surface area contributed by atoms with E-state index in [4.69, 9.17) is 10.5 Å². The van der Waals surface area contributed by atoms with Gasteiger partial charge in [-0.1, -0.05) is 12.1 Å². The molecule has 0 aliphatic carbocycles. The monoisotopic (exact) mass is 296 g/mol. The lowest BCUT2D eigenvalue weighted by atomic mass is 10.2. The van der Waals surface area contributed by atoms with Crippen molar-refractivity contribution in [2.45, 2.75) is 13.5 Å². The van der Waals surface area contributed by atoms with Gasteiger partial charge in [0.05, 0.1) is 18.7 Å². The quantitative estimate of drug-likeness (QED) is 0.771. The predicted molar refractivity (Wildman–Crippen MR) is 82.2 cm³/mol. The second-order valence-electron chi connectivity index (χ2n) is 4.66. The van der Waals surface area contributed by atoms with Crippen molar-refractivity contribution in [3.8, 4) is 17.1 Å². The Bertz CT molecular complexity index is 753. The lowest BCUT2D eigenvalue weighted by molar-refractivity contribution is 0.340. The minimum absolute atomic E-state index is 0.392. The molecule has 0 aliphatic rings. The summed E-state index contributed by atoms with van der Waals surface area (Å²) in [5.74, 6) is 1.71. The largest absolute Gasteiger partial charge is 0.494 e. The summed E-state index contributed by atoms with van der Waals surface area (Å²) in [4.78, 5) is 5.55. The standard InChI is InChI=1S/C15H16N6O/c1-2-22-12-7-5-11(6-8-12)10-21-19-15(18-20-21)13-4-3-9-17-14(13)16/h3-9H,2,10H2,1H3,(H2,16,17). The van der Waals surface area contributed by atoms with Gasteiger partial charge in [0.15, 0.2) is 0 Å². The van der Waals surface area contributed by atoms with Crippen LogP contribution < -0.4 is 10.5 Å². The van der Waals surface area contributed by atoms with E-state index in [0.717, 1.165) is 11.3 Å². The van der Waals surface area contributed by atoms with Crippen molar-refractivity contribution in [1.29, 1.82) is 0 Å². The minimum atomic E-state index is 0.392. The van der Waals surface area contributed by atoms with Crippen LogP contribution in [0.5, 0.6) is 5.75 Å². The van der Waals surface area contributed by atoms with Crippen molar-refractivity contribution in [1.82, 2.24) is 25.2 Å². The summed E-state index contributed by atoms with van der Waals surface area (Å²) in [7, 11) is 0. The van der Waals surface area contributed by atoms with Gasteiger partial charge in [0.1, 0.15) is 11.6 Å². The SMILES string of the molecule is CCOc1ccc(Cn2nnc(-c3cccnc3N)n2)cc1. The molecule has 0 saturated carbocycles. The van der Waals surface area contributed by atoms with Crippen LogP contribution in [-0.4, -0.2) is 31.8 Å². The average molecular weight is 296 g/mol. The van der Waals surface area contributed by atoms with Crippen molar-refractivity contribution in [2.75, 3.05) is 12.3 Å². The fourth-order valence-corrected chi connectivity index (χ4v) is 2.05. The second kappa shape index (κ2) is 6.21. The Labute approximate surface area is 127 Å². The third-order valence-corrected chi connectivity index (χ3v) is 3.09. The van der Waals surface area contributed by atoms with Gasteiger partial charge in [-0.2, -0.15) is 4.80 Å². The molecular weight excluding hydrogens is 280 g/mol. The highest BCUT2D eigenvalue weighted by Crippen LogP contribution is 2.19. The molecule has 2 heterocycles. The number of ether oxygens (including phenoxy) is 1. The molecule has 3 aromatic rings. The van der Waals surface area contributed by atoms with Crippen molar-refractivity contribution in [2.24, 2.45) is 0 Å². The first-order valence-corrected chi connectivity index (χ1v) is 6.96. The number of nitrogens with zero attached hydrogens (tertiary/aromatic N) is 5. The Morgan fingerprint density at radius 1 is 1.18 bits per heavy atom. The Kier molecular flexibility index (Phi) is 3.95. The van der Waals surface area contributed by atoms with Crippen molar-refractivity contribution < 1.29 is 4.74 Å². The molecule has 2 N–H and O–H groups in total. The van der Waals surface area contributed by atoms with Gasteiger partial charge in [-0.3, -0.25) is 0 Å². The number of rotatable bonds is 5. The molecule has 7 heteroatoms. The van der Waals surface area contributed by atoms with Crippen LogP contribution in [0.3, 0.4) is 0 Å². The minimum Gasteiger partial charge on any atom is -0.494 e. The van der Waals surface area contributed by atoms with Crippen molar-refractivity contribution >= 4 is 5.82 Å². The van der Waals surface area contributed by atoms with Gasteiger partial charge in [0, 0.05) is 6.20 Å². The maximum Gasteiger partial charge on any atom is 0.208 e. The van der Waals surface area contributed by atoms with E-state index in [1.165, 1.54) is 4.80 Å². The highest BCUT2D eigenvalue weighted by molar-refractivity contribution is 5.66. The lowest BCUT2D eigenvalue weighted by Crippen LogP contribution is -2.04. The fraction of sp³-hybridized carbons (Fsp3) is 0.200. The summed E-state index contributed by atoms with van der Waals surface area (Å²) < 4.78 is 5.41. The Morgan fingerprint density at radius 3 is 2.73 bits per heavy atom. The molecule has 0 bridgehead atoms. The highest BCUT2D eigenvalue weighted by atomic mass is 16.5. The molecule has 1 aromatic carbocycles. The zero-order valence-electron chi connectivity index (χ0n) is 12.2. The van der Waals surface area contributed by atoms with Crippen LogP contribution in [0.1, 0.15) is 12.5 Å². The summed E-state index contributed by atoms with van der Waals surface area (Å²) in [5.41, 5.74) is 7.56. The molecule has 3 rings (SSSR count). The molecule has 0 radical (unpaired) electrons. The summed E-state index contributed by atoms with van der Waals surface area (Å²) in [6.07, 6.45) is 1.63. The number of benzene rings is 1. The molecule has 22 heavy (non-hydrogen) atoms. The van der Waals surface area contributed by atoms with Crippen LogP contribution >= 0.6 is 0 Å². The molecule has 7 nitrogen and oxygen atoms in total. The lowest BCUT2D eigenvalue weighted by Gasteiger charge is -2.04. The van der Waals surface area contributed by atoms with Crippen LogP contribution in [0, 0.1) is 0 Å². The smallest absolute Gasteiger partial charge is 0.208 e. The van der Waals surface area contributed by atoms with Gasteiger partial charge in [-0.05, 0) is 42.0 Å². The number of anilines is 1. The van der Waals surface area contributed by atoms with Crippen molar-refractivity contribution in [3.63, 3.8) is 0 Å². The Balaban J connectivity index is 1.75. The third kappa shape index (κ3) is 3.03. The molecule has 0 saturated heterocycles. The van der Waals surface area contributed by atoms with E-state index in [-0.39, 0.29) is 0 Å². The van der Waals surface area contributed by atoms with Gasteiger partial charge in [0.25, 0.3) is 0 Å². The molecule has 0 aliphatic heterocycles. The summed E-state index contributed by atoms with van der Waals surface area (Å²) in [6.45, 7) is 3.14. The first kappa shape index (κ1) is 14.0. The molecule has 112 valence electrons. The van der Waals surface area contributed by atoms with Crippen LogP contribution in [0.4, 0.5) is 5.82 Å². The number of aromatic nitrogens is 5. The molecular formula is C15H16N6O. The van der Waals surface area contributed by atoms with E-state index < -0.39 is 0 Å². The average Bonchev–Trinajstić information content (AvgIpc) is 2.98. The molecule has 2 aromatic heterocycles. The van der Waals surface area contributed by atoms with E-state index in [2.05, 4.69) is 20.4 Å². The van der Waals surface area contributed by atoms with E-state index >= 15 is 0 Å². The van der Waals surface area contributed by atoms with E-state index in [0.29, 0.717) is 30.4 Å². The van der Waals surface area contributed by atoms with Crippen LogP contribution in [0.15, 0.2) is 42.6 Å². The topological polar surface area (TPSA) is 91.7 Å². The predicted octanol–water partition coefficient (Wildman–Crippen LogP) is 1.76. The molecule has 0 unspecified atom stereocenters.